The third kappa shape index (κ3) is 1.18. The van der Waals surface area contributed by atoms with Crippen LogP contribution in [0.15, 0.2) is 12.3 Å². The summed E-state index contributed by atoms with van der Waals surface area (Å²) in [5.74, 6) is -0.292. The van der Waals surface area contributed by atoms with Crippen molar-refractivity contribution in [3.8, 4) is 0 Å². The molecule has 0 aromatic rings. The highest BCUT2D eigenvalue weighted by Crippen LogP contribution is 2.26. The molecule has 66 valence electrons. The lowest BCUT2D eigenvalue weighted by Gasteiger charge is -2.15. The molecule has 0 amide bonds. The zero-order chi connectivity index (χ0) is 8.55. The average molecular weight is 170 g/mol. The van der Waals surface area contributed by atoms with Crippen LogP contribution in [0, 0.1) is 0 Å². The second kappa shape index (κ2) is 2.79. The quantitative estimate of drug-likeness (QED) is 0.528. The normalized spacial score (nSPS) is 37.6. The van der Waals surface area contributed by atoms with Gasteiger partial charge in [-0.25, -0.2) is 0 Å². The Labute approximate surface area is 70.1 Å². The molecule has 3 atom stereocenters. The Kier molecular flexibility index (Phi) is 1.77. The summed E-state index contributed by atoms with van der Waals surface area (Å²) < 4.78 is 15.5. The molecule has 4 nitrogen and oxygen atoms in total. The summed E-state index contributed by atoms with van der Waals surface area (Å²) in [5, 5.41) is 0. The van der Waals surface area contributed by atoms with Gasteiger partial charge in [0.15, 0.2) is 12.2 Å². The molecule has 0 aromatic carbocycles. The van der Waals surface area contributed by atoms with E-state index in [9.17, 15) is 4.79 Å². The molecule has 2 heterocycles. The van der Waals surface area contributed by atoms with E-state index in [-0.39, 0.29) is 24.3 Å². The molecule has 2 aliphatic rings. The van der Waals surface area contributed by atoms with Crippen molar-refractivity contribution >= 4 is 5.97 Å². The predicted octanol–water partition coefficient (Wildman–Crippen LogP) is 0.229. The van der Waals surface area contributed by atoms with Crippen molar-refractivity contribution in [1.29, 1.82) is 0 Å². The van der Waals surface area contributed by atoms with E-state index >= 15 is 0 Å². The van der Waals surface area contributed by atoms with Crippen LogP contribution in [0.25, 0.3) is 0 Å². The fraction of sp³-hybridized carbons (Fsp3) is 0.625. The van der Waals surface area contributed by atoms with Crippen molar-refractivity contribution in [1.82, 2.24) is 0 Å². The van der Waals surface area contributed by atoms with Gasteiger partial charge in [0.05, 0.1) is 12.9 Å². The fourth-order valence-electron chi connectivity index (χ4n) is 1.47. The van der Waals surface area contributed by atoms with Crippen LogP contribution in [0.1, 0.15) is 6.92 Å². The number of hydrogen-bond acceptors (Lipinski definition) is 4. The van der Waals surface area contributed by atoms with Gasteiger partial charge in [-0.15, -0.1) is 0 Å². The summed E-state index contributed by atoms with van der Waals surface area (Å²) >= 11 is 0. The highest BCUT2D eigenvalue weighted by Gasteiger charge is 2.41. The van der Waals surface area contributed by atoms with Gasteiger partial charge in [0.1, 0.15) is 6.10 Å². The molecular formula is C8H10O4. The van der Waals surface area contributed by atoms with Crippen molar-refractivity contribution in [3.63, 3.8) is 0 Å². The first kappa shape index (κ1) is 7.61. The van der Waals surface area contributed by atoms with E-state index < -0.39 is 0 Å². The molecule has 4 heteroatoms. The number of fused-ring (bicyclic) bond motifs is 1. The van der Waals surface area contributed by atoms with Gasteiger partial charge in [0.2, 0.25) is 0 Å². The first-order chi connectivity index (χ1) is 5.77. The van der Waals surface area contributed by atoms with Crippen LogP contribution in [0.2, 0.25) is 0 Å². The van der Waals surface area contributed by atoms with E-state index in [1.165, 1.54) is 6.92 Å². The van der Waals surface area contributed by atoms with E-state index in [0.29, 0.717) is 6.61 Å². The van der Waals surface area contributed by atoms with Crippen LogP contribution in [-0.2, 0) is 19.0 Å². The molecule has 0 spiro atoms. The molecule has 1 fully saturated rings. The highest BCUT2D eigenvalue weighted by atomic mass is 16.6. The first-order valence-corrected chi connectivity index (χ1v) is 3.88. The van der Waals surface area contributed by atoms with Gasteiger partial charge in [-0.1, -0.05) is 0 Å². The molecule has 1 saturated heterocycles. The first-order valence-electron chi connectivity index (χ1n) is 3.88. The van der Waals surface area contributed by atoms with Gasteiger partial charge >= 0.3 is 5.97 Å². The van der Waals surface area contributed by atoms with E-state index in [2.05, 4.69) is 0 Å². The fourth-order valence-corrected chi connectivity index (χ4v) is 1.47. The van der Waals surface area contributed by atoms with Crippen molar-refractivity contribution in [2.24, 2.45) is 0 Å². The number of carbonyl (C=O) groups excluding carboxylic acids is 1. The number of carbonyl (C=O) groups is 1. The largest absolute Gasteiger partial charge is 0.491 e. The van der Waals surface area contributed by atoms with Crippen LogP contribution in [-0.4, -0.2) is 30.9 Å². The molecule has 0 aromatic heterocycles. The van der Waals surface area contributed by atoms with Crippen LogP contribution in [0.5, 0.6) is 0 Å². The summed E-state index contributed by atoms with van der Waals surface area (Å²) in [6.07, 6.45) is 3.00. The Balaban J connectivity index is 1.97. The number of esters is 1. The van der Waals surface area contributed by atoms with Gasteiger partial charge < -0.3 is 14.2 Å². The Hall–Kier alpha value is -1.03. The molecule has 0 radical (unpaired) electrons. The summed E-state index contributed by atoms with van der Waals surface area (Å²) in [5.41, 5.74) is 0. The zero-order valence-electron chi connectivity index (χ0n) is 6.73. The zero-order valence-corrected chi connectivity index (χ0v) is 6.73. The lowest BCUT2D eigenvalue weighted by molar-refractivity contribution is -0.149. The minimum atomic E-state index is -0.292. The van der Waals surface area contributed by atoms with E-state index in [4.69, 9.17) is 14.2 Å². The lowest BCUT2D eigenvalue weighted by atomic mass is 10.2. The lowest BCUT2D eigenvalue weighted by Crippen LogP contribution is -2.31. The van der Waals surface area contributed by atoms with Crippen LogP contribution < -0.4 is 0 Å². The number of hydrogen-bond donors (Lipinski definition) is 0. The molecule has 0 bridgehead atoms. The topological polar surface area (TPSA) is 44.8 Å². The molecule has 0 N–H and O–H groups in total. The SMILES string of the molecule is CC(=O)O[C@@H]1CO[C@@H]2C=CO[C@@H]21. The van der Waals surface area contributed by atoms with Gasteiger partial charge in [0, 0.05) is 6.92 Å². The molecule has 0 saturated carbocycles. The molecule has 12 heavy (non-hydrogen) atoms. The smallest absolute Gasteiger partial charge is 0.303 e. The van der Waals surface area contributed by atoms with Gasteiger partial charge in [0.25, 0.3) is 0 Å². The van der Waals surface area contributed by atoms with Crippen LogP contribution >= 0.6 is 0 Å². The van der Waals surface area contributed by atoms with Crippen molar-refractivity contribution in [2.45, 2.75) is 25.2 Å². The van der Waals surface area contributed by atoms with Crippen molar-refractivity contribution < 1.29 is 19.0 Å². The van der Waals surface area contributed by atoms with Crippen LogP contribution in [0.3, 0.4) is 0 Å². The predicted molar refractivity (Wildman–Crippen MR) is 39.3 cm³/mol. The molecule has 0 aliphatic carbocycles. The van der Waals surface area contributed by atoms with Crippen LogP contribution in [0.4, 0.5) is 0 Å². The maximum Gasteiger partial charge on any atom is 0.303 e. The van der Waals surface area contributed by atoms with Crippen molar-refractivity contribution in [2.75, 3.05) is 6.61 Å². The van der Waals surface area contributed by atoms with E-state index in [0.717, 1.165) is 0 Å². The highest BCUT2D eigenvalue weighted by molar-refractivity contribution is 5.66. The maximum atomic E-state index is 10.6. The minimum Gasteiger partial charge on any atom is -0.491 e. The number of ether oxygens (including phenoxy) is 3. The maximum absolute atomic E-state index is 10.6. The Morgan fingerprint density at radius 3 is 3.25 bits per heavy atom. The van der Waals surface area contributed by atoms with Crippen molar-refractivity contribution in [3.05, 3.63) is 12.3 Å². The Morgan fingerprint density at radius 2 is 2.50 bits per heavy atom. The van der Waals surface area contributed by atoms with E-state index in [1.54, 1.807) is 6.26 Å². The van der Waals surface area contributed by atoms with Gasteiger partial charge in [-0.05, 0) is 6.08 Å². The van der Waals surface area contributed by atoms with Gasteiger partial charge in [-0.3, -0.25) is 4.79 Å². The average Bonchev–Trinajstić information content (AvgIpc) is 2.52. The number of rotatable bonds is 1. The summed E-state index contributed by atoms with van der Waals surface area (Å²) in [7, 11) is 0. The third-order valence-corrected chi connectivity index (χ3v) is 1.96. The molecule has 2 rings (SSSR count). The van der Waals surface area contributed by atoms with E-state index in [1.807, 2.05) is 6.08 Å². The Bertz CT molecular complexity index is 223. The standard InChI is InChI=1S/C8H10O4/c1-5(9)12-7-4-11-6-2-3-10-8(6)7/h2-3,6-8H,4H2,1H3/t6-,7-,8+/m1/s1. The molecule has 2 aliphatic heterocycles. The Morgan fingerprint density at radius 1 is 1.67 bits per heavy atom. The minimum absolute atomic E-state index is 0.0330. The summed E-state index contributed by atoms with van der Waals surface area (Å²) in [4.78, 5) is 10.6. The molecule has 0 unspecified atom stereocenters. The summed E-state index contributed by atoms with van der Waals surface area (Å²) in [6.45, 7) is 1.81. The monoisotopic (exact) mass is 170 g/mol. The van der Waals surface area contributed by atoms with Gasteiger partial charge in [-0.2, -0.15) is 0 Å². The second-order valence-electron chi connectivity index (χ2n) is 2.88. The third-order valence-electron chi connectivity index (χ3n) is 1.96. The molecular weight excluding hydrogens is 160 g/mol. The summed E-state index contributed by atoms with van der Waals surface area (Å²) in [6, 6.07) is 0. The second-order valence-corrected chi connectivity index (χ2v) is 2.88.